The topological polar surface area (TPSA) is 0 Å². The third kappa shape index (κ3) is 11.9. The lowest BCUT2D eigenvalue weighted by molar-refractivity contribution is -0.938. The lowest BCUT2D eigenvalue weighted by Crippen LogP contribution is -2.47. The molecule has 1 heteroatoms. The van der Waals surface area contributed by atoms with Gasteiger partial charge < -0.3 is 4.48 Å². The summed E-state index contributed by atoms with van der Waals surface area (Å²) in [6.45, 7) is 15.9. The van der Waals surface area contributed by atoms with Crippen molar-refractivity contribution in [2.24, 2.45) is 0 Å². The van der Waals surface area contributed by atoms with Crippen molar-refractivity contribution >= 4 is 6.08 Å². The molecule has 0 heterocycles. The minimum Gasteiger partial charge on any atom is -0.320 e. The standard InChI is InChI=1S/C29H52N/c1-5-9-10-11-12-13-14-15-16-17-18-19-20-21-26-30(7-3,8-4)27-29-24-22-28(6-2)23-25-29/h6,22-25H,2,5,7-21,26-27H2,1,3-4H3/q+1. The Morgan fingerprint density at radius 2 is 1.07 bits per heavy atom. The second-order valence-electron chi connectivity index (χ2n) is 9.40. The highest BCUT2D eigenvalue weighted by Crippen LogP contribution is 2.19. The van der Waals surface area contributed by atoms with Crippen molar-refractivity contribution in [1.29, 1.82) is 0 Å². The van der Waals surface area contributed by atoms with Gasteiger partial charge in [0.25, 0.3) is 0 Å². The van der Waals surface area contributed by atoms with E-state index in [1.54, 1.807) is 0 Å². The van der Waals surface area contributed by atoms with Gasteiger partial charge in [0.1, 0.15) is 6.54 Å². The molecule has 30 heavy (non-hydrogen) atoms. The molecule has 0 N–H and O–H groups in total. The van der Waals surface area contributed by atoms with Crippen LogP contribution in [-0.4, -0.2) is 24.1 Å². The first-order valence-electron chi connectivity index (χ1n) is 13.3. The maximum Gasteiger partial charge on any atom is 0.104 e. The van der Waals surface area contributed by atoms with Crippen molar-refractivity contribution in [3.8, 4) is 0 Å². The van der Waals surface area contributed by atoms with E-state index in [1.165, 1.54) is 132 Å². The van der Waals surface area contributed by atoms with E-state index in [2.05, 4.69) is 51.6 Å². The molecule has 0 radical (unpaired) electrons. The SMILES string of the molecule is C=Cc1ccc(C[N+](CC)(CC)CCCCCCCCCCCCCCCC)cc1. The van der Waals surface area contributed by atoms with Crippen molar-refractivity contribution in [3.63, 3.8) is 0 Å². The first kappa shape index (κ1) is 27.0. The van der Waals surface area contributed by atoms with Crippen molar-refractivity contribution in [2.45, 2.75) is 117 Å². The highest BCUT2D eigenvalue weighted by molar-refractivity contribution is 5.47. The Kier molecular flexibility index (Phi) is 15.8. The molecule has 172 valence electrons. The summed E-state index contributed by atoms with van der Waals surface area (Å²) in [7, 11) is 0. The van der Waals surface area contributed by atoms with E-state index in [1.807, 2.05) is 6.08 Å². The first-order valence-corrected chi connectivity index (χ1v) is 13.3. The zero-order valence-electron chi connectivity index (χ0n) is 20.8. The fraction of sp³-hybridized carbons (Fsp3) is 0.724. The number of rotatable bonds is 20. The van der Waals surface area contributed by atoms with Crippen molar-refractivity contribution < 1.29 is 4.48 Å². The summed E-state index contributed by atoms with van der Waals surface area (Å²) in [4.78, 5) is 0. The molecule has 0 unspecified atom stereocenters. The van der Waals surface area contributed by atoms with E-state index in [4.69, 9.17) is 0 Å². The normalized spacial score (nSPS) is 11.7. The van der Waals surface area contributed by atoms with Gasteiger partial charge in [-0.2, -0.15) is 0 Å². The molecule has 0 bridgehead atoms. The van der Waals surface area contributed by atoms with Crippen LogP contribution in [-0.2, 0) is 6.54 Å². The Balaban J connectivity index is 2.10. The Labute approximate surface area is 189 Å². The van der Waals surface area contributed by atoms with Gasteiger partial charge >= 0.3 is 0 Å². The van der Waals surface area contributed by atoms with E-state index in [0.29, 0.717) is 0 Å². The molecule has 1 aromatic carbocycles. The average Bonchev–Trinajstić information content (AvgIpc) is 2.79. The first-order chi connectivity index (χ1) is 14.7. The Morgan fingerprint density at radius 3 is 1.47 bits per heavy atom. The fourth-order valence-corrected chi connectivity index (χ4v) is 4.63. The van der Waals surface area contributed by atoms with Crippen LogP contribution < -0.4 is 0 Å². The van der Waals surface area contributed by atoms with E-state index >= 15 is 0 Å². The van der Waals surface area contributed by atoms with Gasteiger partial charge in [-0.05, 0) is 32.3 Å². The molecule has 1 rings (SSSR count). The molecule has 0 atom stereocenters. The smallest absolute Gasteiger partial charge is 0.104 e. The largest absolute Gasteiger partial charge is 0.320 e. The van der Waals surface area contributed by atoms with Crippen LogP contribution in [0, 0.1) is 0 Å². The Hall–Kier alpha value is -1.08. The number of hydrogen-bond acceptors (Lipinski definition) is 0. The van der Waals surface area contributed by atoms with E-state index in [9.17, 15) is 0 Å². The van der Waals surface area contributed by atoms with Crippen LogP contribution in [0.3, 0.4) is 0 Å². The van der Waals surface area contributed by atoms with Crippen LogP contribution in [0.4, 0.5) is 0 Å². The third-order valence-electron chi connectivity index (χ3n) is 7.06. The van der Waals surface area contributed by atoms with Crippen LogP contribution in [0.1, 0.15) is 122 Å². The molecule has 0 aliphatic rings. The summed E-state index contributed by atoms with van der Waals surface area (Å²) in [5.74, 6) is 0. The molecule has 1 nitrogen and oxygen atoms in total. The molecular weight excluding hydrogens is 362 g/mol. The monoisotopic (exact) mass is 414 g/mol. The lowest BCUT2D eigenvalue weighted by Gasteiger charge is -2.37. The molecule has 1 aromatic rings. The molecule has 0 spiro atoms. The van der Waals surface area contributed by atoms with Gasteiger partial charge in [0.05, 0.1) is 19.6 Å². The van der Waals surface area contributed by atoms with E-state index in [-0.39, 0.29) is 0 Å². The highest BCUT2D eigenvalue weighted by atomic mass is 15.3. The number of nitrogens with zero attached hydrogens (tertiary/aromatic N) is 1. The summed E-state index contributed by atoms with van der Waals surface area (Å²) in [5.41, 5.74) is 2.69. The van der Waals surface area contributed by atoms with Crippen LogP contribution in [0.2, 0.25) is 0 Å². The summed E-state index contributed by atoms with van der Waals surface area (Å²) >= 11 is 0. The second-order valence-corrected chi connectivity index (χ2v) is 9.40. The average molecular weight is 415 g/mol. The van der Waals surface area contributed by atoms with Crippen LogP contribution in [0.25, 0.3) is 6.08 Å². The zero-order chi connectivity index (χ0) is 21.9. The summed E-state index contributed by atoms with van der Waals surface area (Å²) in [5, 5.41) is 0. The van der Waals surface area contributed by atoms with E-state index in [0.717, 1.165) is 0 Å². The molecule has 0 aromatic heterocycles. The van der Waals surface area contributed by atoms with Crippen LogP contribution in [0.15, 0.2) is 30.8 Å². The van der Waals surface area contributed by atoms with Gasteiger partial charge in [-0.3, -0.25) is 0 Å². The fourth-order valence-electron chi connectivity index (χ4n) is 4.63. The predicted octanol–water partition coefficient (Wildman–Crippen LogP) is 9.17. The molecular formula is C29H52N+. The van der Waals surface area contributed by atoms with Gasteiger partial charge in [0.2, 0.25) is 0 Å². The van der Waals surface area contributed by atoms with Gasteiger partial charge in [0.15, 0.2) is 0 Å². The third-order valence-corrected chi connectivity index (χ3v) is 7.06. The molecule has 0 saturated carbocycles. The molecule has 0 amide bonds. The number of unbranched alkanes of at least 4 members (excludes halogenated alkanes) is 13. The van der Waals surface area contributed by atoms with Crippen LogP contribution >= 0.6 is 0 Å². The summed E-state index contributed by atoms with van der Waals surface area (Å²) in [6.07, 6.45) is 22.1. The predicted molar refractivity (Wildman–Crippen MR) is 137 cm³/mol. The summed E-state index contributed by atoms with van der Waals surface area (Å²) in [6, 6.07) is 8.99. The minimum absolute atomic E-state index is 1.17. The van der Waals surface area contributed by atoms with Gasteiger partial charge in [-0.25, -0.2) is 0 Å². The molecule has 0 saturated heterocycles. The maximum atomic E-state index is 3.87. The Bertz CT molecular complexity index is 512. The number of hydrogen-bond donors (Lipinski definition) is 0. The van der Waals surface area contributed by atoms with Crippen molar-refractivity contribution in [3.05, 3.63) is 42.0 Å². The van der Waals surface area contributed by atoms with Crippen LogP contribution in [0.5, 0.6) is 0 Å². The molecule has 0 aliphatic heterocycles. The van der Waals surface area contributed by atoms with Gasteiger partial charge in [-0.1, -0.05) is 121 Å². The quantitative estimate of drug-likeness (QED) is 0.147. The molecule has 0 aliphatic carbocycles. The van der Waals surface area contributed by atoms with Crippen molar-refractivity contribution in [2.75, 3.05) is 19.6 Å². The van der Waals surface area contributed by atoms with Gasteiger partial charge in [-0.15, -0.1) is 0 Å². The lowest BCUT2D eigenvalue weighted by atomic mass is 10.0. The number of quaternary nitrogens is 1. The maximum absolute atomic E-state index is 3.87. The highest BCUT2D eigenvalue weighted by Gasteiger charge is 2.23. The van der Waals surface area contributed by atoms with E-state index < -0.39 is 0 Å². The second kappa shape index (κ2) is 17.6. The van der Waals surface area contributed by atoms with Gasteiger partial charge in [0, 0.05) is 5.56 Å². The minimum atomic E-state index is 1.17. The van der Waals surface area contributed by atoms with Crippen molar-refractivity contribution in [1.82, 2.24) is 0 Å². The molecule has 0 fully saturated rings. The zero-order valence-corrected chi connectivity index (χ0v) is 20.8. The number of benzene rings is 1. The summed E-state index contributed by atoms with van der Waals surface area (Å²) < 4.78 is 1.23. The Morgan fingerprint density at radius 1 is 0.633 bits per heavy atom.